The summed E-state index contributed by atoms with van der Waals surface area (Å²) in [4.78, 5) is 22.3. The van der Waals surface area contributed by atoms with Gasteiger partial charge < -0.3 is 4.52 Å². The van der Waals surface area contributed by atoms with Crippen molar-refractivity contribution in [1.82, 2.24) is 19.7 Å². The molecule has 30 heavy (non-hydrogen) atoms. The van der Waals surface area contributed by atoms with Gasteiger partial charge in [-0.1, -0.05) is 67.2 Å². The Kier molecular flexibility index (Phi) is 5.99. The van der Waals surface area contributed by atoms with Gasteiger partial charge in [-0.05, 0) is 37.0 Å². The van der Waals surface area contributed by atoms with Gasteiger partial charge in [0.05, 0.1) is 16.7 Å². The second-order valence-corrected chi connectivity index (χ2v) is 8.61. The normalized spacial score (nSPS) is 11.5. The van der Waals surface area contributed by atoms with Gasteiger partial charge >= 0.3 is 0 Å². The largest absolute Gasteiger partial charge is 0.338 e. The van der Waals surface area contributed by atoms with Crippen LogP contribution < -0.4 is 5.56 Å². The number of para-hydroxylation sites is 1. The second kappa shape index (κ2) is 8.83. The summed E-state index contributed by atoms with van der Waals surface area (Å²) in [5, 5.41) is 5.44. The van der Waals surface area contributed by atoms with Gasteiger partial charge in [-0.25, -0.2) is 4.98 Å². The van der Waals surface area contributed by atoms with Crippen LogP contribution in [0.3, 0.4) is 0 Å². The van der Waals surface area contributed by atoms with Gasteiger partial charge in [0.1, 0.15) is 0 Å². The first-order valence-corrected chi connectivity index (χ1v) is 11.0. The minimum absolute atomic E-state index is 0.00474. The molecule has 0 spiro atoms. The van der Waals surface area contributed by atoms with E-state index in [2.05, 4.69) is 24.0 Å². The highest BCUT2D eigenvalue weighted by Gasteiger charge is 2.15. The van der Waals surface area contributed by atoms with Gasteiger partial charge in [0.25, 0.3) is 5.56 Å². The van der Waals surface area contributed by atoms with Crippen molar-refractivity contribution >= 4 is 22.7 Å². The maximum atomic E-state index is 13.1. The highest BCUT2D eigenvalue weighted by molar-refractivity contribution is 7.98. The van der Waals surface area contributed by atoms with Crippen molar-refractivity contribution in [3.05, 3.63) is 70.3 Å². The van der Waals surface area contributed by atoms with E-state index < -0.39 is 0 Å². The summed E-state index contributed by atoms with van der Waals surface area (Å²) in [6.45, 7) is 6.96. The third-order valence-corrected chi connectivity index (χ3v) is 5.90. The Morgan fingerprint density at radius 1 is 1.07 bits per heavy atom. The summed E-state index contributed by atoms with van der Waals surface area (Å²) in [6.07, 6.45) is 0.908. The molecule has 4 rings (SSSR count). The molecule has 4 aromatic rings. The van der Waals surface area contributed by atoms with Crippen molar-refractivity contribution in [2.24, 2.45) is 5.92 Å². The lowest BCUT2D eigenvalue weighted by Gasteiger charge is -2.13. The highest BCUT2D eigenvalue weighted by atomic mass is 32.2. The topological polar surface area (TPSA) is 73.8 Å². The first-order chi connectivity index (χ1) is 14.5. The molecule has 7 heteroatoms. The Balaban J connectivity index is 1.61. The summed E-state index contributed by atoms with van der Waals surface area (Å²) < 4.78 is 7.22. The molecule has 6 nitrogen and oxygen atoms in total. The van der Waals surface area contributed by atoms with Gasteiger partial charge in [-0.3, -0.25) is 9.36 Å². The Labute approximate surface area is 179 Å². The van der Waals surface area contributed by atoms with E-state index in [1.165, 1.54) is 11.8 Å². The molecule has 0 aliphatic carbocycles. The molecule has 0 unspecified atom stereocenters. The lowest BCUT2D eigenvalue weighted by Crippen LogP contribution is -2.24. The number of thioether (sulfide) groups is 1. The van der Waals surface area contributed by atoms with Crippen LogP contribution in [0, 0.1) is 12.8 Å². The number of nitrogens with zero attached hydrogens (tertiary/aromatic N) is 4. The molecular weight excluding hydrogens is 396 g/mol. The number of hydrogen-bond acceptors (Lipinski definition) is 6. The molecule has 0 saturated carbocycles. The van der Waals surface area contributed by atoms with E-state index in [9.17, 15) is 4.79 Å². The van der Waals surface area contributed by atoms with Crippen molar-refractivity contribution in [1.29, 1.82) is 0 Å². The molecule has 154 valence electrons. The summed E-state index contributed by atoms with van der Waals surface area (Å²) in [7, 11) is 0. The van der Waals surface area contributed by atoms with Crippen LogP contribution in [0.1, 0.15) is 31.7 Å². The second-order valence-electron chi connectivity index (χ2n) is 7.67. The van der Waals surface area contributed by atoms with Crippen LogP contribution in [0.4, 0.5) is 0 Å². The van der Waals surface area contributed by atoms with Gasteiger partial charge in [0, 0.05) is 12.1 Å². The maximum Gasteiger partial charge on any atom is 0.262 e. The average molecular weight is 421 g/mol. The van der Waals surface area contributed by atoms with E-state index >= 15 is 0 Å². The van der Waals surface area contributed by atoms with Gasteiger partial charge in [-0.2, -0.15) is 4.98 Å². The number of rotatable bonds is 7. The van der Waals surface area contributed by atoms with Crippen LogP contribution in [0.25, 0.3) is 22.3 Å². The van der Waals surface area contributed by atoms with Crippen molar-refractivity contribution in [2.45, 2.75) is 44.6 Å². The van der Waals surface area contributed by atoms with Crippen LogP contribution in [-0.2, 0) is 12.3 Å². The van der Waals surface area contributed by atoms with Gasteiger partial charge in [0.2, 0.25) is 11.7 Å². The highest BCUT2D eigenvalue weighted by Crippen LogP contribution is 2.25. The molecule has 0 aliphatic rings. The van der Waals surface area contributed by atoms with Gasteiger partial charge in [0.15, 0.2) is 5.16 Å². The zero-order valence-electron chi connectivity index (χ0n) is 17.3. The number of benzene rings is 2. The molecule has 2 aromatic heterocycles. The molecule has 0 fully saturated rings. The van der Waals surface area contributed by atoms with Crippen molar-refractivity contribution in [3.63, 3.8) is 0 Å². The maximum absolute atomic E-state index is 13.1. The summed E-state index contributed by atoms with van der Waals surface area (Å²) in [5.74, 6) is 2.03. The van der Waals surface area contributed by atoms with Crippen LogP contribution in [-0.4, -0.2) is 19.7 Å². The molecule has 0 atom stereocenters. The van der Waals surface area contributed by atoms with Gasteiger partial charge in [-0.15, -0.1) is 0 Å². The number of fused-ring (bicyclic) bond motifs is 1. The quantitative estimate of drug-likeness (QED) is 0.306. The SMILES string of the molecule is Cc1ccccc1-c1noc(CSc2nc3ccccc3c(=O)n2CCC(C)C)n1. The zero-order chi connectivity index (χ0) is 21.1. The van der Waals surface area contributed by atoms with E-state index in [0.29, 0.717) is 46.0 Å². The molecule has 0 aliphatic heterocycles. The minimum atomic E-state index is -0.00474. The smallest absolute Gasteiger partial charge is 0.262 e. The minimum Gasteiger partial charge on any atom is -0.338 e. The lowest BCUT2D eigenvalue weighted by molar-refractivity contribution is 0.391. The standard InChI is InChI=1S/C23H24N4O2S/c1-15(2)12-13-27-22(28)18-10-6-7-11-19(18)24-23(27)30-14-20-25-21(26-29-20)17-9-5-4-8-16(17)3/h4-11,15H,12-14H2,1-3H3. The van der Waals surface area contributed by atoms with Crippen molar-refractivity contribution < 1.29 is 4.52 Å². The molecule has 0 N–H and O–H groups in total. The predicted molar refractivity (Wildman–Crippen MR) is 119 cm³/mol. The van der Waals surface area contributed by atoms with E-state index in [1.807, 2.05) is 55.5 Å². The third-order valence-electron chi connectivity index (χ3n) is 4.94. The molecular formula is C23H24N4O2S. The molecule has 0 radical (unpaired) electrons. The molecule has 0 bridgehead atoms. The average Bonchev–Trinajstić information content (AvgIpc) is 3.21. The van der Waals surface area contributed by atoms with Crippen molar-refractivity contribution in [2.75, 3.05) is 0 Å². The first-order valence-electron chi connectivity index (χ1n) is 10.0. The molecule has 2 heterocycles. The monoisotopic (exact) mass is 420 g/mol. The Morgan fingerprint density at radius 2 is 1.83 bits per heavy atom. The van der Waals surface area contributed by atoms with Crippen molar-refractivity contribution in [3.8, 4) is 11.4 Å². The summed E-state index contributed by atoms with van der Waals surface area (Å²) in [6, 6.07) is 15.4. The number of hydrogen-bond donors (Lipinski definition) is 0. The molecule has 0 amide bonds. The molecule has 2 aromatic carbocycles. The van der Waals surface area contributed by atoms with E-state index in [-0.39, 0.29) is 5.56 Å². The lowest BCUT2D eigenvalue weighted by atomic mass is 10.1. The van der Waals surface area contributed by atoms with E-state index in [1.54, 1.807) is 4.57 Å². The van der Waals surface area contributed by atoms with Crippen LogP contribution in [0.5, 0.6) is 0 Å². The Hall–Kier alpha value is -2.93. The Morgan fingerprint density at radius 3 is 2.63 bits per heavy atom. The van der Waals surface area contributed by atoms with Crippen LogP contribution in [0.15, 0.2) is 63.0 Å². The Bertz CT molecular complexity index is 1230. The fourth-order valence-electron chi connectivity index (χ4n) is 3.22. The summed E-state index contributed by atoms with van der Waals surface area (Å²) >= 11 is 1.45. The van der Waals surface area contributed by atoms with Crippen LogP contribution in [0.2, 0.25) is 0 Å². The number of aromatic nitrogens is 4. The summed E-state index contributed by atoms with van der Waals surface area (Å²) in [5.41, 5.74) is 2.75. The van der Waals surface area contributed by atoms with E-state index in [0.717, 1.165) is 17.5 Å². The molecule has 0 saturated heterocycles. The van der Waals surface area contributed by atoms with Crippen LogP contribution >= 0.6 is 11.8 Å². The van der Waals surface area contributed by atoms with E-state index in [4.69, 9.17) is 9.51 Å². The first kappa shape index (κ1) is 20.3. The predicted octanol–water partition coefficient (Wildman–Crippen LogP) is 5.09. The zero-order valence-corrected chi connectivity index (χ0v) is 18.1. The fourth-order valence-corrected chi connectivity index (χ4v) is 4.08. The third kappa shape index (κ3) is 4.31. The fraction of sp³-hybridized carbons (Fsp3) is 0.304. The number of aryl methyl sites for hydroxylation is 1.